The van der Waals surface area contributed by atoms with Gasteiger partial charge in [-0.25, -0.2) is 0 Å². The Labute approximate surface area is 67.4 Å². The van der Waals surface area contributed by atoms with E-state index in [9.17, 15) is 4.79 Å². The fourth-order valence-electron chi connectivity index (χ4n) is 2.52. The number of rotatable bonds is 1. The maximum Gasteiger partial charge on any atom is 0.133 e. The van der Waals surface area contributed by atoms with Gasteiger partial charge in [0.25, 0.3) is 0 Å². The van der Waals surface area contributed by atoms with E-state index in [2.05, 4.69) is 12.2 Å². The second-order valence-electron chi connectivity index (χ2n) is 3.92. The van der Waals surface area contributed by atoms with Crippen LogP contribution in [0.25, 0.3) is 0 Å². The molecule has 0 aromatic heterocycles. The summed E-state index contributed by atoms with van der Waals surface area (Å²) in [6.07, 6.45) is 3.99. The molecule has 2 nitrogen and oxygen atoms in total. The largest absolute Gasteiger partial charge is 0.313 e. The van der Waals surface area contributed by atoms with Gasteiger partial charge in [-0.05, 0) is 12.8 Å². The molecule has 62 valence electrons. The van der Waals surface area contributed by atoms with Crippen molar-refractivity contribution in [3.05, 3.63) is 0 Å². The van der Waals surface area contributed by atoms with Crippen molar-refractivity contribution < 1.29 is 4.79 Å². The molecule has 0 bridgehead atoms. The van der Waals surface area contributed by atoms with E-state index in [4.69, 9.17) is 0 Å². The lowest BCUT2D eigenvalue weighted by atomic mass is 9.71. The lowest BCUT2D eigenvalue weighted by Crippen LogP contribution is -2.60. The van der Waals surface area contributed by atoms with Gasteiger partial charge in [0, 0.05) is 30.8 Å². The summed E-state index contributed by atoms with van der Waals surface area (Å²) in [5.41, 5.74) is 0.395. The Morgan fingerprint density at radius 1 is 1.73 bits per heavy atom. The summed E-state index contributed by atoms with van der Waals surface area (Å²) in [5.74, 6) is 0.477. The third kappa shape index (κ3) is 0.924. The molecular weight excluding hydrogens is 138 g/mol. The van der Waals surface area contributed by atoms with Gasteiger partial charge >= 0.3 is 0 Å². The molecule has 1 aliphatic carbocycles. The van der Waals surface area contributed by atoms with Crippen LogP contribution in [0.5, 0.6) is 0 Å². The van der Waals surface area contributed by atoms with Gasteiger partial charge < -0.3 is 5.32 Å². The number of nitrogens with one attached hydrogen (secondary N) is 1. The number of carbonyl (C=O) groups excluding carboxylic acids is 1. The van der Waals surface area contributed by atoms with Crippen LogP contribution in [0.4, 0.5) is 0 Å². The molecule has 2 aliphatic rings. The van der Waals surface area contributed by atoms with E-state index in [-0.39, 0.29) is 0 Å². The van der Waals surface area contributed by atoms with Crippen molar-refractivity contribution in [3.8, 4) is 0 Å². The maximum absolute atomic E-state index is 11.1. The zero-order chi connectivity index (χ0) is 7.90. The molecule has 2 fully saturated rings. The zero-order valence-corrected chi connectivity index (χ0v) is 7.02. The Morgan fingerprint density at radius 2 is 2.55 bits per heavy atom. The minimum absolute atomic E-state index is 0.395. The van der Waals surface area contributed by atoms with Crippen molar-refractivity contribution in [2.75, 3.05) is 6.54 Å². The highest BCUT2D eigenvalue weighted by Crippen LogP contribution is 2.44. The van der Waals surface area contributed by atoms with Crippen LogP contribution in [-0.4, -0.2) is 18.4 Å². The van der Waals surface area contributed by atoms with E-state index >= 15 is 0 Å². The first-order valence-corrected chi connectivity index (χ1v) is 4.52. The fraction of sp³-hybridized carbons (Fsp3) is 0.889. The molecule has 2 unspecified atom stereocenters. The first-order valence-electron chi connectivity index (χ1n) is 4.52. The highest BCUT2D eigenvalue weighted by molar-refractivity contribution is 5.82. The van der Waals surface area contributed by atoms with Crippen molar-refractivity contribution in [1.82, 2.24) is 5.32 Å². The smallest absolute Gasteiger partial charge is 0.133 e. The second kappa shape index (κ2) is 2.31. The molecule has 1 heterocycles. The number of hydrogen-bond acceptors (Lipinski definition) is 2. The van der Waals surface area contributed by atoms with Gasteiger partial charge in [0.15, 0.2) is 0 Å². The molecular formula is C9H15NO. The van der Waals surface area contributed by atoms with Gasteiger partial charge in [-0.2, -0.15) is 0 Å². The molecule has 0 radical (unpaired) electrons. The van der Waals surface area contributed by atoms with E-state index in [1.165, 1.54) is 6.42 Å². The molecule has 0 aromatic carbocycles. The van der Waals surface area contributed by atoms with Crippen LogP contribution in [0.2, 0.25) is 0 Å². The van der Waals surface area contributed by atoms with Crippen LogP contribution in [0.15, 0.2) is 0 Å². The summed E-state index contributed by atoms with van der Waals surface area (Å²) in [6, 6.07) is 0.633. The number of hydrogen-bond donors (Lipinski definition) is 1. The highest BCUT2D eigenvalue weighted by atomic mass is 16.1. The Bertz CT molecular complexity index is 188. The maximum atomic E-state index is 11.1. The molecule has 1 saturated heterocycles. The number of carbonyl (C=O) groups is 1. The SMILES string of the molecule is CCC1NCC12CCC(=O)C2. The Hall–Kier alpha value is -0.370. The minimum atomic E-state index is 0.395. The quantitative estimate of drug-likeness (QED) is 0.611. The van der Waals surface area contributed by atoms with E-state index in [0.717, 1.165) is 25.8 Å². The van der Waals surface area contributed by atoms with Crippen molar-refractivity contribution in [3.63, 3.8) is 0 Å². The number of ketones is 1. The molecule has 1 saturated carbocycles. The van der Waals surface area contributed by atoms with Crippen LogP contribution >= 0.6 is 0 Å². The van der Waals surface area contributed by atoms with E-state index in [0.29, 0.717) is 17.2 Å². The summed E-state index contributed by atoms with van der Waals surface area (Å²) in [6.45, 7) is 3.28. The van der Waals surface area contributed by atoms with Gasteiger partial charge in [-0.1, -0.05) is 6.92 Å². The van der Waals surface area contributed by atoms with Crippen LogP contribution < -0.4 is 5.32 Å². The third-order valence-electron chi connectivity index (χ3n) is 3.30. The van der Waals surface area contributed by atoms with Crippen molar-refractivity contribution in [1.29, 1.82) is 0 Å². The fourth-order valence-corrected chi connectivity index (χ4v) is 2.52. The topological polar surface area (TPSA) is 29.1 Å². The normalized spacial score (nSPS) is 43.0. The third-order valence-corrected chi connectivity index (χ3v) is 3.30. The van der Waals surface area contributed by atoms with Crippen molar-refractivity contribution >= 4 is 5.78 Å². The second-order valence-corrected chi connectivity index (χ2v) is 3.92. The van der Waals surface area contributed by atoms with Crippen molar-refractivity contribution in [2.45, 2.75) is 38.6 Å². The molecule has 1 aliphatic heterocycles. The Kier molecular flexibility index (Phi) is 1.53. The first-order chi connectivity index (χ1) is 5.27. The van der Waals surface area contributed by atoms with Crippen molar-refractivity contribution in [2.24, 2.45) is 5.41 Å². The lowest BCUT2D eigenvalue weighted by Gasteiger charge is -2.47. The van der Waals surface area contributed by atoms with E-state index < -0.39 is 0 Å². The monoisotopic (exact) mass is 153 g/mol. The van der Waals surface area contributed by atoms with Crippen LogP contribution in [0, 0.1) is 5.41 Å². The summed E-state index contributed by atoms with van der Waals surface area (Å²) in [4.78, 5) is 11.1. The van der Waals surface area contributed by atoms with E-state index in [1.807, 2.05) is 0 Å². The van der Waals surface area contributed by atoms with Gasteiger partial charge in [-0.3, -0.25) is 4.79 Å². The Balaban J connectivity index is 2.06. The zero-order valence-electron chi connectivity index (χ0n) is 7.02. The molecule has 11 heavy (non-hydrogen) atoms. The predicted molar refractivity (Wildman–Crippen MR) is 43.4 cm³/mol. The van der Waals surface area contributed by atoms with E-state index in [1.54, 1.807) is 0 Å². The van der Waals surface area contributed by atoms with Gasteiger partial charge in [0.1, 0.15) is 5.78 Å². The summed E-state index contributed by atoms with van der Waals surface area (Å²) in [5, 5.41) is 3.40. The predicted octanol–water partition coefficient (Wildman–Crippen LogP) is 1.11. The minimum Gasteiger partial charge on any atom is -0.313 e. The van der Waals surface area contributed by atoms with Gasteiger partial charge in [0.05, 0.1) is 0 Å². The summed E-state index contributed by atoms with van der Waals surface area (Å²) in [7, 11) is 0. The molecule has 2 atom stereocenters. The molecule has 2 heteroatoms. The number of Topliss-reactive ketones (excluding diaryl/α,β-unsaturated/α-hetero) is 1. The van der Waals surface area contributed by atoms with Crippen LogP contribution in [0.1, 0.15) is 32.6 Å². The molecule has 0 amide bonds. The summed E-state index contributed by atoms with van der Waals surface area (Å²) >= 11 is 0. The molecule has 1 N–H and O–H groups in total. The van der Waals surface area contributed by atoms with Crippen LogP contribution in [0.3, 0.4) is 0 Å². The van der Waals surface area contributed by atoms with Gasteiger partial charge in [0.2, 0.25) is 0 Å². The van der Waals surface area contributed by atoms with Gasteiger partial charge in [-0.15, -0.1) is 0 Å². The average molecular weight is 153 g/mol. The first kappa shape index (κ1) is 7.29. The standard InChI is InChI=1S/C9H15NO/c1-2-8-9(6-10-8)4-3-7(11)5-9/h8,10H,2-6H2,1H3. The molecule has 1 spiro atoms. The molecule has 0 aromatic rings. The Morgan fingerprint density at radius 3 is 2.91 bits per heavy atom. The van der Waals surface area contributed by atoms with Crippen LogP contribution in [-0.2, 0) is 4.79 Å². The average Bonchev–Trinajstić information content (AvgIpc) is 2.33. The summed E-state index contributed by atoms with van der Waals surface area (Å²) < 4.78 is 0. The lowest BCUT2D eigenvalue weighted by molar-refractivity contribution is -0.118. The highest BCUT2D eigenvalue weighted by Gasteiger charge is 2.49. The molecule has 2 rings (SSSR count).